The van der Waals surface area contributed by atoms with Crippen LogP contribution in [0.3, 0.4) is 0 Å². The first-order valence-electron chi connectivity index (χ1n) is 9.14. The van der Waals surface area contributed by atoms with E-state index in [2.05, 4.69) is 110 Å². The Morgan fingerprint density at radius 2 is 1.04 bits per heavy atom. The average Bonchev–Trinajstić information content (AvgIpc) is 3.00. The number of fused-ring (bicyclic) bond motifs is 3. The zero-order valence-corrected chi connectivity index (χ0v) is 15.8. The van der Waals surface area contributed by atoms with Crippen molar-refractivity contribution in [2.45, 2.75) is 6.92 Å². The summed E-state index contributed by atoms with van der Waals surface area (Å²) >= 11 is 0. The molecule has 0 saturated carbocycles. The molecule has 0 atom stereocenters. The highest BCUT2D eigenvalue weighted by molar-refractivity contribution is 7.22. The van der Waals surface area contributed by atoms with Crippen molar-refractivity contribution in [1.82, 2.24) is 0 Å². The van der Waals surface area contributed by atoms with Crippen molar-refractivity contribution in [2.75, 3.05) is 0 Å². The van der Waals surface area contributed by atoms with Crippen molar-refractivity contribution < 1.29 is 0 Å². The van der Waals surface area contributed by atoms with Gasteiger partial charge in [-0.05, 0) is 38.8 Å². The van der Waals surface area contributed by atoms with Crippen molar-refractivity contribution in [2.24, 2.45) is 0 Å². The molecule has 0 amide bonds. The molecule has 0 unspecified atom stereocenters. The molecule has 0 N–H and O–H groups in total. The van der Waals surface area contributed by atoms with E-state index in [4.69, 9.17) is 0 Å². The molecule has 26 heavy (non-hydrogen) atoms. The summed E-state index contributed by atoms with van der Waals surface area (Å²) in [5.41, 5.74) is 4.15. The first-order chi connectivity index (χ1) is 12.8. The molecule has 0 fully saturated rings. The molecule has 1 heterocycles. The van der Waals surface area contributed by atoms with Crippen molar-refractivity contribution in [3.63, 3.8) is 0 Å². The molecule has 0 bridgehead atoms. The third-order valence-electron chi connectivity index (χ3n) is 5.61. The zero-order valence-electron chi connectivity index (χ0n) is 14.8. The van der Waals surface area contributed by atoms with Crippen LogP contribution in [0, 0.1) is 6.92 Å². The molecule has 0 spiro atoms. The average molecular weight is 349 g/mol. The topological polar surface area (TPSA) is 0 Å². The van der Waals surface area contributed by atoms with Gasteiger partial charge in [0, 0.05) is 0 Å². The Kier molecular flexibility index (Phi) is 3.44. The lowest BCUT2D eigenvalue weighted by Gasteiger charge is -2.31. The fourth-order valence-electron chi connectivity index (χ4n) is 4.56. The Balaban J connectivity index is 1.98. The monoisotopic (exact) mass is 348 g/mol. The van der Waals surface area contributed by atoms with Crippen LogP contribution in [-0.2, 0) is 0 Å². The van der Waals surface area contributed by atoms with Gasteiger partial charge in [-0.25, -0.2) is 0 Å². The molecule has 5 rings (SSSR count). The summed E-state index contributed by atoms with van der Waals surface area (Å²) in [7, 11) is -2.25. The van der Waals surface area contributed by atoms with Crippen LogP contribution in [0.15, 0.2) is 103 Å². The van der Waals surface area contributed by atoms with Gasteiger partial charge in [0.15, 0.2) is 8.07 Å². The van der Waals surface area contributed by atoms with Crippen LogP contribution in [0.4, 0.5) is 0 Å². The van der Waals surface area contributed by atoms with Crippen LogP contribution in [-0.4, -0.2) is 8.07 Å². The van der Waals surface area contributed by atoms with Crippen molar-refractivity contribution in [3.05, 3.63) is 109 Å². The Bertz CT molecular complexity index is 1040. The van der Waals surface area contributed by atoms with E-state index in [0.717, 1.165) is 0 Å². The highest BCUT2D eigenvalue weighted by atomic mass is 28.3. The summed E-state index contributed by atoms with van der Waals surface area (Å²) in [6.07, 6.45) is 0. The maximum Gasteiger partial charge on any atom is 0.180 e. The fourth-order valence-corrected chi connectivity index (χ4v) is 9.73. The van der Waals surface area contributed by atoms with E-state index in [-0.39, 0.29) is 0 Å². The van der Waals surface area contributed by atoms with Crippen molar-refractivity contribution in [1.29, 1.82) is 0 Å². The molecule has 4 aromatic rings. The van der Waals surface area contributed by atoms with Gasteiger partial charge in [0.25, 0.3) is 0 Å². The van der Waals surface area contributed by atoms with Crippen LogP contribution in [0.1, 0.15) is 5.56 Å². The molecule has 1 aliphatic heterocycles. The van der Waals surface area contributed by atoms with Gasteiger partial charge in [0.05, 0.1) is 0 Å². The van der Waals surface area contributed by atoms with E-state index in [1.807, 2.05) is 0 Å². The maximum absolute atomic E-state index is 2.39. The summed E-state index contributed by atoms with van der Waals surface area (Å²) in [6.45, 7) is 2.19. The maximum atomic E-state index is 2.39. The van der Waals surface area contributed by atoms with E-state index in [9.17, 15) is 0 Å². The van der Waals surface area contributed by atoms with Crippen molar-refractivity contribution >= 4 is 28.8 Å². The number of hydrogen-bond acceptors (Lipinski definition) is 0. The minimum atomic E-state index is -2.25. The summed E-state index contributed by atoms with van der Waals surface area (Å²) < 4.78 is 0. The second-order valence-electron chi connectivity index (χ2n) is 7.08. The van der Waals surface area contributed by atoms with Gasteiger partial charge >= 0.3 is 0 Å². The van der Waals surface area contributed by atoms with E-state index in [1.165, 1.54) is 37.4 Å². The smallest absolute Gasteiger partial charge is 0.0623 e. The Hall–Kier alpha value is -2.90. The van der Waals surface area contributed by atoms with Gasteiger partial charge < -0.3 is 0 Å². The quantitative estimate of drug-likeness (QED) is 0.429. The third-order valence-corrected chi connectivity index (χ3v) is 10.5. The Morgan fingerprint density at radius 3 is 1.69 bits per heavy atom. The van der Waals surface area contributed by atoms with Crippen LogP contribution < -0.4 is 20.7 Å². The van der Waals surface area contributed by atoms with E-state index in [0.29, 0.717) is 0 Å². The molecule has 0 nitrogen and oxygen atoms in total. The summed E-state index contributed by atoms with van der Waals surface area (Å²) in [6, 6.07) is 38.3. The predicted octanol–water partition coefficient (Wildman–Crippen LogP) is 3.35. The molecule has 0 aliphatic carbocycles. The van der Waals surface area contributed by atoms with Crippen LogP contribution in [0.2, 0.25) is 0 Å². The molecule has 0 radical (unpaired) electrons. The lowest BCUT2D eigenvalue weighted by Crippen LogP contribution is -2.72. The molecule has 1 heteroatoms. The second-order valence-corrected chi connectivity index (χ2v) is 10.8. The number of hydrogen-bond donors (Lipinski definition) is 0. The summed E-state index contributed by atoms with van der Waals surface area (Å²) in [5, 5.41) is 5.95. The van der Waals surface area contributed by atoms with Crippen LogP contribution in [0.25, 0.3) is 11.1 Å². The second kappa shape index (κ2) is 5.82. The molecule has 0 saturated heterocycles. The van der Waals surface area contributed by atoms with Gasteiger partial charge in [-0.15, -0.1) is 0 Å². The Labute approximate surface area is 155 Å². The van der Waals surface area contributed by atoms with Crippen LogP contribution in [0.5, 0.6) is 0 Å². The largest absolute Gasteiger partial charge is 0.180 e. The Morgan fingerprint density at radius 1 is 0.500 bits per heavy atom. The minimum absolute atomic E-state index is 1.32. The standard InChI is InChI=1S/C25H20Si/c1-19-16-17-25-23(18-19)22-14-8-9-15-24(22)26(25,20-10-4-2-5-11-20)21-12-6-3-7-13-21/h2-18H,1H3. The minimum Gasteiger partial charge on any atom is -0.0623 e. The van der Waals surface area contributed by atoms with Gasteiger partial charge in [-0.3, -0.25) is 0 Å². The van der Waals surface area contributed by atoms with E-state index in [1.54, 1.807) is 0 Å². The van der Waals surface area contributed by atoms with Crippen LogP contribution >= 0.6 is 0 Å². The highest BCUT2D eigenvalue weighted by Crippen LogP contribution is 2.28. The third kappa shape index (κ3) is 2.01. The highest BCUT2D eigenvalue weighted by Gasteiger charge is 2.48. The normalized spacial score (nSPS) is 13.9. The molecule has 1 aliphatic rings. The predicted molar refractivity (Wildman–Crippen MR) is 114 cm³/mol. The molecule has 4 aromatic carbocycles. The molecular formula is C25H20Si. The first kappa shape index (κ1) is 15.4. The van der Waals surface area contributed by atoms with E-state index >= 15 is 0 Å². The van der Waals surface area contributed by atoms with E-state index < -0.39 is 8.07 Å². The van der Waals surface area contributed by atoms with Gasteiger partial charge in [0.1, 0.15) is 0 Å². The summed E-state index contributed by atoms with van der Waals surface area (Å²) in [5.74, 6) is 0. The number of aryl methyl sites for hydroxylation is 1. The molecule has 0 aromatic heterocycles. The van der Waals surface area contributed by atoms with Gasteiger partial charge in [-0.1, -0.05) is 109 Å². The SMILES string of the molecule is Cc1ccc2c(c1)-c1ccccc1[Si]2(c1ccccc1)c1ccccc1. The van der Waals surface area contributed by atoms with Gasteiger partial charge in [0.2, 0.25) is 0 Å². The van der Waals surface area contributed by atoms with Crippen molar-refractivity contribution in [3.8, 4) is 11.1 Å². The summed E-state index contributed by atoms with van der Waals surface area (Å²) in [4.78, 5) is 0. The zero-order chi connectivity index (χ0) is 17.6. The lowest BCUT2D eigenvalue weighted by atomic mass is 10.0. The molecular weight excluding hydrogens is 328 g/mol. The lowest BCUT2D eigenvalue weighted by molar-refractivity contribution is 1.49. The molecule has 124 valence electrons. The fraction of sp³-hybridized carbons (Fsp3) is 0.0400. The number of rotatable bonds is 2. The van der Waals surface area contributed by atoms with Gasteiger partial charge in [-0.2, -0.15) is 0 Å². The first-order valence-corrected chi connectivity index (χ1v) is 11.1. The number of benzene rings is 4.